The number of hydrogen-bond donors (Lipinski definition) is 2. The van der Waals surface area contributed by atoms with Gasteiger partial charge in [-0.25, -0.2) is 4.98 Å². The summed E-state index contributed by atoms with van der Waals surface area (Å²) in [5.41, 5.74) is 3.24. The predicted octanol–water partition coefficient (Wildman–Crippen LogP) is 2.76. The van der Waals surface area contributed by atoms with E-state index in [0.29, 0.717) is 5.11 Å². The van der Waals surface area contributed by atoms with Crippen molar-refractivity contribution in [3.05, 3.63) is 29.8 Å². The number of ether oxygens (including phenoxy) is 1. The zero-order valence-corrected chi connectivity index (χ0v) is 17.5. The lowest BCUT2D eigenvalue weighted by Gasteiger charge is -2.33. The van der Waals surface area contributed by atoms with Crippen LogP contribution in [-0.2, 0) is 4.74 Å². The quantitative estimate of drug-likeness (QED) is 0.767. The Balaban J connectivity index is 1.44. The van der Waals surface area contributed by atoms with Gasteiger partial charge >= 0.3 is 0 Å². The molecule has 6 nitrogen and oxygen atoms in total. The van der Waals surface area contributed by atoms with Crippen molar-refractivity contribution in [2.24, 2.45) is 0 Å². The van der Waals surface area contributed by atoms with E-state index < -0.39 is 0 Å². The number of fused-ring (bicyclic) bond motifs is 1. The number of piperazine rings is 1. The van der Waals surface area contributed by atoms with Crippen LogP contribution in [0, 0.1) is 6.92 Å². The van der Waals surface area contributed by atoms with E-state index >= 15 is 0 Å². The topological polar surface area (TPSA) is 52.7 Å². The first-order valence-corrected chi connectivity index (χ1v) is 10.5. The Morgan fingerprint density at radius 1 is 1.25 bits per heavy atom. The number of pyridine rings is 1. The SMILES string of the molecule is Cc1cc(N2CCN(C)CC2)nc2ccc(NC(=S)NC[C@H]3CCCO3)cc12. The lowest BCUT2D eigenvalue weighted by molar-refractivity contribution is 0.114. The molecule has 0 bridgehead atoms. The summed E-state index contributed by atoms with van der Waals surface area (Å²) in [6.07, 6.45) is 2.52. The van der Waals surface area contributed by atoms with E-state index in [1.54, 1.807) is 0 Å². The highest BCUT2D eigenvalue weighted by molar-refractivity contribution is 7.80. The fourth-order valence-electron chi connectivity index (χ4n) is 3.84. The highest BCUT2D eigenvalue weighted by Gasteiger charge is 2.17. The second kappa shape index (κ2) is 8.59. The van der Waals surface area contributed by atoms with E-state index in [2.05, 4.69) is 52.6 Å². The predicted molar refractivity (Wildman–Crippen MR) is 119 cm³/mol. The van der Waals surface area contributed by atoms with Crippen LogP contribution < -0.4 is 15.5 Å². The number of benzene rings is 1. The van der Waals surface area contributed by atoms with Gasteiger partial charge in [-0.2, -0.15) is 0 Å². The van der Waals surface area contributed by atoms with Gasteiger partial charge in [-0.1, -0.05) is 0 Å². The van der Waals surface area contributed by atoms with Crippen LogP contribution >= 0.6 is 12.2 Å². The zero-order valence-electron chi connectivity index (χ0n) is 16.7. The summed E-state index contributed by atoms with van der Waals surface area (Å²) >= 11 is 5.44. The van der Waals surface area contributed by atoms with Crippen molar-refractivity contribution in [3.63, 3.8) is 0 Å². The van der Waals surface area contributed by atoms with Crippen LogP contribution in [0.3, 0.4) is 0 Å². The minimum absolute atomic E-state index is 0.274. The molecule has 1 aromatic heterocycles. The molecule has 0 saturated carbocycles. The standard InChI is InChI=1S/C21H29N5OS/c1-15-12-20(26-9-7-25(2)8-10-26)24-19-6-5-16(13-18(15)19)23-21(28)22-14-17-4-3-11-27-17/h5-6,12-13,17H,3-4,7-11,14H2,1-2H3,(H2,22,23,28)/t17-/m1/s1. The molecule has 2 aliphatic rings. The second-order valence-electron chi connectivity index (χ2n) is 7.79. The van der Waals surface area contributed by atoms with Crippen LogP contribution in [0.4, 0.5) is 11.5 Å². The van der Waals surface area contributed by atoms with Crippen molar-refractivity contribution in [1.29, 1.82) is 0 Å². The molecule has 4 rings (SSSR count). The third-order valence-corrected chi connectivity index (χ3v) is 5.85. The van der Waals surface area contributed by atoms with Crippen molar-refractivity contribution in [3.8, 4) is 0 Å². The number of aromatic nitrogens is 1. The Morgan fingerprint density at radius 3 is 2.82 bits per heavy atom. The van der Waals surface area contributed by atoms with Crippen LogP contribution in [0.15, 0.2) is 24.3 Å². The summed E-state index contributed by atoms with van der Waals surface area (Å²) in [5.74, 6) is 1.08. The summed E-state index contributed by atoms with van der Waals surface area (Å²) in [6, 6.07) is 8.45. The number of hydrogen-bond acceptors (Lipinski definition) is 5. The van der Waals surface area contributed by atoms with Gasteiger partial charge in [-0.15, -0.1) is 0 Å². The van der Waals surface area contributed by atoms with E-state index in [0.717, 1.165) is 74.6 Å². The van der Waals surface area contributed by atoms with E-state index in [1.165, 1.54) is 5.56 Å². The van der Waals surface area contributed by atoms with Gasteiger partial charge in [-0.05, 0) is 68.9 Å². The molecule has 3 heterocycles. The molecule has 0 aliphatic carbocycles. The summed E-state index contributed by atoms with van der Waals surface area (Å²) < 4.78 is 5.63. The Hall–Kier alpha value is -1.96. The lowest BCUT2D eigenvalue weighted by atomic mass is 10.1. The molecular formula is C21H29N5OS. The van der Waals surface area contributed by atoms with Crippen LogP contribution in [0.1, 0.15) is 18.4 Å². The lowest BCUT2D eigenvalue weighted by Crippen LogP contribution is -2.44. The molecule has 7 heteroatoms. The molecule has 0 radical (unpaired) electrons. The smallest absolute Gasteiger partial charge is 0.170 e. The Morgan fingerprint density at radius 2 is 2.07 bits per heavy atom. The highest BCUT2D eigenvalue weighted by Crippen LogP contribution is 2.26. The number of nitrogens with one attached hydrogen (secondary N) is 2. The molecule has 28 heavy (non-hydrogen) atoms. The van der Waals surface area contributed by atoms with E-state index in [9.17, 15) is 0 Å². The third-order valence-electron chi connectivity index (χ3n) is 5.60. The Bertz CT molecular complexity index is 844. The molecule has 150 valence electrons. The van der Waals surface area contributed by atoms with Crippen molar-refractivity contribution in [1.82, 2.24) is 15.2 Å². The van der Waals surface area contributed by atoms with Gasteiger partial charge < -0.3 is 25.2 Å². The van der Waals surface area contributed by atoms with Gasteiger partial charge in [-0.3, -0.25) is 0 Å². The number of aryl methyl sites for hydroxylation is 1. The summed E-state index contributed by atoms with van der Waals surface area (Å²) in [6.45, 7) is 7.99. The van der Waals surface area contributed by atoms with Gasteiger partial charge in [0.1, 0.15) is 5.82 Å². The van der Waals surface area contributed by atoms with Crippen molar-refractivity contribution >= 4 is 39.7 Å². The normalized spacial score (nSPS) is 20.5. The monoisotopic (exact) mass is 399 g/mol. The molecule has 0 amide bonds. The van der Waals surface area contributed by atoms with Gasteiger partial charge in [0.2, 0.25) is 0 Å². The molecular weight excluding hydrogens is 370 g/mol. The van der Waals surface area contributed by atoms with E-state index in [1.807, 2.05) is 6.07 Å². The van der Waals surface area contributed by atoms with E-state index in [4.69, 9.17) is 21.9 Å². The van der Waals surface area contributed by atoms with Crippen LogP contribution in [0.25, 0.3) is 10.9 Å². The minimum Gasteiger partial charge on any atom is -0.376 e. The average Bonchev–Trinajstić information content (AvgIpc) is 3.21. The first-order chi connectivity index (χ1) is 13.6. The Labute approximate surface area is 172 Å². The largest absolute Gasteiger partial charge is 0.376 e. The number of nitrogens with zero attached hydrogens (tertiary/aromatic N) is 3. The summed E-state index contributed by atoms with van der Waals surface area (Å²) in [4.78, 5) is 9.65. The van der Waals surface area contributed by atoms with Crippen molar-refractivity contribution < 1.29 is 4.74 Å². The minimum atomic E-state index is 0.274. The average molecular weight is 400 g/mol. The maximum atomic E-state index is 5.63. The van der Waals surface area contributed by atoms with Gasteiger partial charge in [0.25, 0.3) is 0 Å². The molecule has 2 aromatic rings. The fraction of sp³-hybridized carbons (Fsp3) is 0.524. The third kappa shape index (κ3) is 4.54. The number of likely N-dealkylation sites (N-methyl/N-ethyl adjacent to an activating group) is 1. The first-order valence-electron chi connectivity index (χ1n) is 10.1. The molecule has 1 aromatic carbocycles. The molecule has 0 spiro atoms. The molecule has 2 aliphatic heterocycles. The van der Waals surface area contributed by atoms with Crippen LogP contribution in [0.5, 0.6) is 0 Å². The second-order valence-corrected chi connectivity index (χ2v) is 8.20. The van der Waals surface area contributed by atoms with Gasteiger partial charge in [0.15, 0.2) is 5.11 Å². The van der Waals surface area contributed by atoms with E-state index in [-0.39, 0.29) is 6.10 Å². The van der Waals surface area contributed by atoms with Crippen molar-refractivity contribution in [2.75, 3.05) is 56.6 Å². The molecule has 2 saturated heterocycles. The Kier molecular flexibility index (Phi) is 5.94. The maximum Gasteiger partial charge on any atom is 0.170 e. The zero-order chi connectivity index (χ0) is 19.5. The first kappa shape index (κ1) is 19.4. The van der Waals surface area contributed by atoms with Gasteiger partial charge in [0, 0.05) is 50.4 Å². The maximum absolute atomic E-state index is 5.63. The fourth-order valence-corrected chi connectivity index (χ4v) is 4.04. The van der Waals surface area contributed by atoms with Crippen LogP contribution in [0.2, 0.25) is 0 Å². The van der Waals surface area contributed by atoms with Gasteiger partial charge in [0.05, 0.1) is 11.6 Å². The molecule has 2 fully saturated rings. The molecule has 1 atom stereocenters. The van der Waals surface area contributed by atoms with Crippen LogP contribution in [-0.4, -0.2) is 67.5 Å². The molecule has 0 unspecified atom stereocenters. The number of anilines is 2. The summed E-state index contributed by atoms with van der Waals surface area (Å²) in [5, 5.41) is 8.34. The summed E-state index contributed by atoms with van der Waals surface area (Å²) in [7, 11) is 2.17. The number of rotatable bonds is 4. The molecule has 2 N–H and O–H groups in total. The highest BCUT2D eigenvalue weighted by atomic mass is 32.1. The number of thiocarbonyl (C=S) groups is 1. The van der Waals surface area contributed by atoms with Crippen molar-refractivity contribution in [2.45, 2.75) is 25.9 Å².